The highest BCUT2D eigenvalue weighted by atomic mass is 15.1. The first kappa shape index (κ1) is 20.8. The molecule has 0 amide bonds. The molecule has 1 nitrogen and oxygen atoms in total. The third-order valence-corrected chi connectivity index (χ3v) is 7.19. The van der Waals surface area contributed by atoms with Crippen LogP contribution in [0.1, 0.15) is 54.0 Å². The lowest BCUT2D eigenvalue weighted by Gasteiger charge is -2.24. The number of rotatable bonds is 4. The van der Waals surface area contributed by atoms with Crippen molar-refractivity contribution in [1.82, 2.24) is 4.90 Å². The standard InChI is InChI=1S/C31H33N/c1-4-23-19-26(28-11-8-18-32(3)21-28)13-17-31(23)30-16-14-27-20-25(12-15-29(27)22(30)2)24-9-6-5-7-10-24/h5-6,8-9,11,13-14,16-17,19-21H,4,7,10,12,15,18H2,1-3H3. The Morgan fingerprint density at radius 3 is 2.59 bits per heavy atom. The van der Waals surface area contributed by atoms with Crippen LogP contribution in [0.4, 0.5) is 0 Å². The van der Waals surface area contributed by atoms with E-state index < -0.39 is 0 Å². The Labute approximate surface area is 193 Å². The van der Waals surface area contributed by atoms with E-state index in [0.717, 1.165) is 25.8 Å². The van der Waals surface area contributed by atoms with Crippen molar-refractivity contribution < 1.29 is 0 Å². The molecule has 2 aliphatic carbocycles. The zero-order valence-electron chi connectivity index (χ0n) is 19.6. The minimum Gasteiger partial charge on any atom is -0.376 e. The van der Waals surface area contributed by atoms with Crippen LogP contribution in [-0.4, -0.2) is 18.5 Å². The Hall–Kier alpha value is -3.06. The van der Waals surface area contributed by atoms with Crippen LogP contribution in [-0.2, 0) is 12.8 Å². The maximum atomic E-state index is 2.45. The van der Waals surface area contributed by atoms with Gasteiger partial charge in [0.05, 0.1) is 0 Å². The molecule has 0 spiro atoms. The summed E-state index contributed by atoms with van der Waals surface area (Å²) in [4.78, 5) is 2.24. The van der Waals surface area contributed by atoms with E-state index in [1.807, 2.05) is 0 Å². The summed E-state index contributed by atoms with van der Waals surface area (Å²) in [5, 5.41) is 0. The van der Waals surface area contributed by atoms with Crippen LogP contribution in [0.15, 0.2) is 78.1 Å². The summed E-state index contributed by atoms with van der Waals surface area (Å²) in [6.45, 7) is 5.58. The minimum absolute atomic E-state index is 0.987. The quantitative estimate of drug-likeness (QED) is 0.491. The van der Waals surface area contributed by atoms with Crippen LogP contribution in [0, 0.1) is 6.92 Å². The molecular weight excluding hydrogens is 386 g/mol. The number of allylic oxidation sites excluding steroid dienone is 7. The molecule has 0 saturated heterocycles. The maximum absolute atomic E-state index is 2.45. The molecule has 162 valence electrons. The van der Waals surface area contributed by atoms with E-state index in [4.69, 9.17) is 0 Å². The average molecular weight is 420 g/mol. The van der Waals surface area contributed by atoms with Gasteiger partial charge in [0.1, 0.15) is 0 Å². The molecular formula is C31H33N. The van der Waals surface area contributed by atoms with Gasteiger partial charge in [-0.15, -0.1) is 0 Å². The number of aryl methyl sites for hydroxylation is 1. The predicted molar refractivity (Wildman–Crippen MR) is 138 cm³/mol. The van der Waals surface area contributed by atoms with Gasteiger partial charge in [0.2, 0.25) is 0 Å². The largest absolute Gasteiger partial charge is 0.376 e. The topological polar surface area (TPSA) is 3.24 Å². The van der Waals surface area contributed by atoms with Crippen molar-refractivity contribution in [3.05, 3.63) is 106 Å². The molecule has 0 radical (unpaired) electrons. The van der Waals surface area contributed by atoms with Gasteiger partial charge in [-0.2, -0.15) is 0 Å². The molecule has 32 heavy (non-hydrogen) atoms. The van der Waals surface area contributed by atoms with Crippen LogP contribution in [0.25, 0.3) is 22.8 Å². The van der Waals surface area contributed by atoms with Gasteiger partial charge >= 0.3 is 0 Å². The van der Waals surface area contributed by atoms with Crippen molar-refractivity contribution in [1.29, 1.82) is 0 Å². The highest BCUT2D eigenvalue weighted by molar-refractivity contribution is 5.80. The van der Waals surface area contributed by atoms with Gasteiger partial charge in [-0.05, 0) is 94.7 Å². The van der Waals surface area contributed by atoms with Crippen molar-refractivity contribution in [2.75, 3.05) is 13.6 Å². The predicted octanol–water partition coefficient (Wildman–Crippen LogP) is 7.67. The van der Waals surface area contributed by atoms with Gasteiger partial charge in [-0.1, -0.05) is 73.7 Å². The van der Waals surface area contributed by atoms with E-state index in [1.165, 1.54) is 68.5 Å². The van der Waals surface area contributed by atoms with Crippen LogP contribution >= 0.6 is 0 Å². The summed E-state index contributed by atoms with van der Waals surface area (Å²) >= 11 is 0. The van der Waals surface area contributed by atoms with Crippen LogP contribution in [0.5, 0.6) is 0 Å². The Bertz CT molecular complexity index is 1200. The highest BCUT2D eigenvalue weighted by Gasteiger charge is 2.19. The van der Waals surface area contributed by atoms with E-state index in [0.29, 0.717) is 0 Å². The van der Waals surface area contributed by atoms with Gasteiger partial charge in [-0.25, -0.2) is 0 Å². The Balaban J connectivity index is 1.51. The fourth-order valence-corrected chi connectivity index (χ4v) is 5.36. The number of nitrogens with zero attached hydrogens (tertiary/aromatic N) is 1. The zero-order valence-corrected chi connectivity index (χ0v) is 19.6. The number of benzene rings is 2. The molecule has 0 fully saturated rings. The van der Waals surface area contributed by atoms with Crippen molar-refractivity contribution >= 4 is 11.6 Å². The van der Waals surface area contributed by atoms with Crippen molar-refractivity contribution in [2.45, 2.75) is 46.0 Å². The summed E-state index contributed by atoms with van der Waals surface area (Å²) in [5.74, 6) is 0. The lowest BCUT2D eigenvalue weighted by atomic mass is 9.81. The molecule has 0 N–H and O–H groups in total. The second kappa shape index (κ2) is 8.82. The summed E-state index contributed by atoms with van der Waals surface area (Å²) in [6, 6.07) is 11.7. The molecule has 2 aromatic carbocycles. The second-order valence-electron chi connectivity index (χ2n) is 9.29. The molecule has 3 aliphatic rings. The number of hydrogen-bond donors (Lipinski definition) is 0. The molecule has 0 atom stereocenters. The van der Waals surface area contributed by atoms with Crippen LogP contribution in [0.2, 0.25) is 0 Å². The first-order valence-electron chi connectivity index (χ1n) is 12.1. The number of fused-ring (bicyclic) bond motifs is 1. The van der Waals surface area contributed by atoms with Crippen molar-refractivity contribution in [3.8, 4) is 11.1 Å². The lowest BCUT2D eigenvalue weighted by Crippen LogP contribution is -2.13. The van der Waals surface area contributed by atoms with Gasteiger partial charge in [-0.3, -0.25) is 0 Å². The Morgan fingerprint density at radius 1 is 0.938 bits per heavy atom. The molecule has 0 bridgehead atoms. The van der Waals surface area contributed by atoms with E-state index >= 15 is 0 Å². The average Bonchev–Trinajstić information content (AvgIpc) is 2.84. The molecule has 0 unspecified atom stereocenters. The molecule has 2 aromatic rings. The zero-order chi connectivity index (χ0) is 22.1. The summed E-state index contributed by atoms with van der Waals surface area (Å²) in [5.41, 5.74) is 14.3. The number of hydrogen-bond acceptors (Lipinski definition) is 1. The van der Waals surface area contributed by atoms with Crippen LogP contribution < -0.4 is 0 Å². The summed E-state index contributed by atoms with van der Waals surface area (Å²) in [6.07, 6.45) is 21.7. The molecule has 1 heteroatoms. The Morgan fingerprint density at radius 2 is 1.81 bits per heavy atom. The van der Waals surface area contributed by atoms with Gasteiger partial charge in [0.25, 0.3) is 0 Å². The minimum atomic E-state index is 0.987. The molecule has 1 aliphatic heterocycles. The van der Waals surface area contributed by atoms with Crippen LogP contribution in [0.3, 0.4) is 0 Å². The maximum Gasteiger partial charge on any atom is 0.0354 e. The fourth-order valence-electron chi connectivity index (χ4n) is 5.36. The van der Waals surface area contributed by atoms with E-state index in [1.54, 1.807) is 0 Å². The van der Waals surface area contributed by atoms with E-state index in [9.17, 15) is 0 Å². The lowest BCUT2D eigenvalue weighted by molar-refractivity contribution is 0.507. The molecule has 0 saturated carbocycles. The molecule has 5 rings (SSSR count). The fraction of sp³-hybridized carbons (Fsp3) is 0.290. The molecule has 1 heterocycles. The second-order valence-corrected chi connectivity index (χ2v) is 9.29. The monoisotopic (exact) mass is 419 g/mol. The van der Waals surface area contributed by atoms with Gasteiger partial charge in [0.15, 0.2) is 0 Å². The summed E-state index contributed by atoms with van der Waals surface area (Å²) < 4.78 is 0. The third-order valence-electron chi connectivity index (χ3n) is 7.19. The first-order valence-corrected chi connectivity index (χ1v) is 12.1. The van der Waals surface area contributed by atoms with E-state index in [-0.39, 0.29) is 0 Å². The summed E-state index contributed by atoms with van der Waals surface area (Å²) in [7, 11) is 2.14. The first-order chi connectivity index (χ1) is 15.6. The van der Waals surface area contributed by atoms with Crippen molar-refractivity contribution in [3.63, 3.8) is 0 Å². The number of likely N-dealkylation sites (N-methyl/N-ethyl adjacent to an activating group) is 1. The van der Waals surface area contributed by atoms with Gasteiger partial charge in [0, 0.05) is 19.8 Å². The Kier molecular flexibility index (Phi) is 5.74. The van der Waals surface area contributed by atoms with E-state index in [2.05, 4.69) is 98.8 Å². The SMILES string of the molecule is CCc1cc(C2=CN(C)CC=C2)ccc1-c1ccc2c(c1C)CCC(C1=CC=CCC1)=C2. The van der Waals surface area contributed by atoms with Gasteiger partial charge < -0.3 is 4.90 Å². The van der Waals surface area contributed by atoms with Crippen molar-refractivity contribution in [2.24, 2.45) is 0 Å². The normalized spacial score (nSPS) is 17.6. The highest BCUT2D eigenvalue weighted by Crippen LogP contribution is 2.38. The third kappa shape index (κ3) is 3.93. The smallest absolute Gasteiger partial charge is 0.0354 e. The molecule has 0 aromatic heterocycles.